The Morgan fingerprint density at radius 2 is 1.97 bits per heavy atom. The summed E-state index contributed by atoms with van der Waals surface area (Å²) in [5.41, 5.74) is 4.80. The van der Waals surface area contributed by atoms with Crippen LogP contribution in [0.15, 0.2) is 89.2 Å². The Morgan fingerprint density at radius 1 is 1.15 bits per heavy atom. The van der Waals surface area contributed by atoms with Gasteiger partial charge in [0.05, 0.1) is 0 Å². The molecule has 1 N–H and O–H groups in total. The lowest BCUT2D eigenvalue weighted by Crippen LogP contribution is -2.48. The normalized spacial score (nSPS) is 35.9. The average molecular weight is 443 g/mol. The second-order valence-corrected chi connectivity index (χ2v) is 10.7. The van der Waals surface area contributed by atoms with Crippen LogP contribution in [-0.4, -0.2) is 11.8 Å². The van der Waals surface area contributed by atoms with Crippen molar-refractivity contribution in [1.29, 1.82) is 5.41 Å². The molecular formula is C30H38N2O. The first-order chi connectivity index (χ1) is 15.9. The molecule has 2 saturated carbocycles. The highest BCUT2D eigenvalue weighted by Crippen LogP contribution is 2.64. The fourth-order valence-electron chi connectivity index (χ4n) is 7.24. The van der Waals surface area contributed by atoms with Gasteiger partial charge in [-0.3, -0.25) is 0 Å². The number of allylic oxidation sites excluding steroid dienone is 9. The standard InChI is InChI=1S/C30H38N2O/c1-5-21(2)10-11-25(18-22(3)20-31)27-12-13-28-29(27,4)16-15-26-19-24-9-7-6-8-23(24)14-17-30(26,28)32-33/h5,10-11,15,18-20,23,27-28,31H,1-3,6-9,12-14,16-17H2,4H3/b11-10-,25-18+,31-20?/t23?,27?,28?,29?,30-/m1/s1. The Labute approximate surface area is 199 Å². The maximum Gasteiger partial charge on any atom is 0.130 e. The molecule has 0 heterocycles. The second kappa shape index (κ2) is 9.37. The molecule has 0 saturated heterocycles. The van der Waals surface area contributed by atoms with Crippen LogP contribution in [0.3, 0.4) is 0 Å². The van der Waals surface area contributed by atoms with E-state index < -0.39 is 5.54 Å². The Morgan fingerprint density at radius 3 is 2.70 bits per heavy atom. The van der Waals surface area contributed by atoms with Crippen LogP contribution in [0.5, 0.6) is 0 Å². The monoisotopic (exact) mass is 442 g/mol. The molecule has 4 unspecified atom stereocenters. The van der Waals surface area contributed by atoms with Crippen molar-refractivity contribution in [1.82, 2.24) is 0 Å². The quantitative estimate of drug-likeness (QED) is 0.241. The molecule has 5 atom stereocenters. The van der Waals surface area contributed by atoms with Crippen LogP contribution in [-0.2, 0) is 0 Å². The topological polar surface area (TPSA) is 53.3 Å². The van der Waals surface area contributed by atoms with E-state index in [1.54, 1.807) is 11.6 Å². The van der Waals surface area contributed by atoms with Crippen molar-refractivity contribution in [3.05, 3.63) is 89.0 Å². The third-order valence-corrected chi connectivity index (χ3v) is 9.04. The van der Waals surface area contributed by atoms with E-state index in [-0.39, 0.29) is 17.3 Å². The van der Waals surface area contributed by atoms with Crippen molar-refractivity contribution in [2.75, 3.05) is 0 Å². The lowest BCUT2D eigenvalue weighted by atomic mass is 9.56. The Balaban J connectivity index is 1.74. The number of hydrogen-bond donors (Lipinski definition) is 1. The van der Waals surface area contributed by atoms with Gasteiger partial charge in [0, 0.05) is 6.21 Å². The van der Waals surface area contributed by atoms with Crippen LogP contribution < -0.4 is 0 Å². The number of hydrogen-bond acceptors (Lipinski definition) is 3. The molecule has 4 aliphatic rings. The number of nitrogens with one attached hydrogen (secondary N) is 1. The lowest BCUT2D eigenvalue weighted by molar-refractivity contribution is 0.103. The lowest BCUT2D eigenvalue weighted by Gasteiger charge is -2.48. The smallest absolute Gasteiger partial charge is 0.130 e. The van der Waals surface area contributed by atoms with Crippen molar-refractivity contribution in [3.63, 3.8) is 0 Å². The van der Waals surface area contributed by atoms with Gasteiger partial charge in [-0.05, 0) is 96.8 Å². The van der Waals surface area contributed by atoms with Crippen molar-refractivity contribution < 1.29 is 0 Å². The largest absolute Gasteiger partial charge is 0.308 e. The van der Waals surface area contributed by atoms with Crippen molar-refractivity contribution in [3.8, 4) is 0 Å². The van der Waals surface area contributed by atoms with Gasteiger partial charge < -0.3 is 5.41 Å². The zero-order valence-corrected chi connectivity index (χ0v) is 20.1. The van der Waals surface area contributed by atoms with E-state index in [9.17, 15) is 4.91 Å². The zero-order valence-electron chi connectivity index (χ0n) is 20.1. The third-order valence-electron chi connectivity index (χ3n) is 9.04. The fraction of sp³-hybridized carbons (Fsp3) is 0.500. The summed E-state index contributed by atoms with van der Waals surface area (Å²) in [5.74, 6) is 1.14. The maximum absolute atomic E-state index is 12.7. The maximum atomic E-state index is 12.7. The van der Waals surface area contributed by atoms with Gasteiger partial charge >= 0.3 is 0 Å². The van der Waals surface area contributed by atoms with Gasteiger partial charge in [-0.15, -0.1) is 4.91 Å². The van der Waals surface area contributed by atoms with Gasteiger partial charge in [-0.25, -0.2) is 0 Å². The van der Waals surface area contributed by atoms with Crippen LogP contribution >= 0.6 is 0 Å². The summed E-state index contributed by atoms with van der Waals surface area (Å²) in [4.78, 5) is 12.7. The minimum atomic E-state index is -0.607. The molecule has 0 radical (unpaired) electrons. The number of nitrogens with zero attached hydrogens (tertiary/aromatic N) is 1. The summed E-state index contributed by atoms with van der Waals surface area (Å²) in [6, 6.07) is 0. The first kappa shape index (κ1) is 23.6. The van der Waals surface area contributed by atoms with Crippen LogP contribution in [0.25, 0.3) is 0 Å². The number of fused-ring (bicyclic) bond motifs is 4. The van der Waals surface area contributed by atoms with E-state index in [2.05, 4.69) is 50.1 Å². The highest BCUT2D eigenvalue weighted by molar-refractivity contribution is 5.79. The molecule has 3 nitrogen and oxygen atoms in total. The molecule has 0 amide bonds. The predicted molar refractivity (Wildman–Crippen MR) is 139 cm³/mol. The highest BCUT2D eigenvalue weighted by atomic mass is 16.3. The van der Waals surface area contributed by atoms with Gasteiger partial charge in [0.1, 0.15) is 5.54 Å². The molecular weight excluding hydrogens is 404 g/mol. The summed E-state index contributed by atoms with van der Waals surface area (Å²) in [6.07, 6.45) is 23.8. The average Bonchev–Trinajstić information content (AvgIpc) is 3.09. The summed E-state index contributed by atoms with van der Waals surface area (Å²) in [5, 5.41) is 11.6. The predicted octanol–water partition coefficient (Wildman–Crippen LogP) is 8.20. The van der Waals surface area contributed by atoms with Crippen LogP contribution in [0.2, 0.25) is 0 Å². The van der Waals surface area contributed by atoms with Gasteiger partial charge in [0.25, 0.3) is 0 Å². The van der Waals surface area contributed by atoms with E-state index in [1.165, 1.54) is 37.5 Å². The minimum absolute atomic E-state index is 0.0561. The van der Waals surface area contributed by atoms with Gasteiger partial charge in [0.2, 0.25) is 0 Å². The van der Waals surface area contributed by atoms with E-state index >= 15 is 0 Å². The molecule has 0 aromatic rings. The van der Waals surface area contributed by atoms with E-state index in [1.807, 2.05) is 12.2 Å². The Bertz CT molecular complexity index is 993. The molecule has 0 spiro atoms. The fourth-order valence-corrected chi connectivity index (χ4v) is 7.24. The van der Waals surface area contributed by atoms with Crippen LogP contribution in [0, 0.1) is 33.5 Å². The molecule has 2 fully saturated rings. The summed E-state index contributed by atoms with van der Waals surface area (Å²) < 4.78 is 0. The minimum Gasteiger partial charge on any atom is -0.308 e. The molecule has 4 aliphatic carbocycles. The van der Waals surface area contributed by atoms with Gasteiger partial charge in [0.15, 0.2) is 0 Å². The molecule has 174 valence electrons. The second-order valence-electron chi connectivity index (χ2n) is 10.7. The molecule has 4 rings (SSSR count). The Kier molecular flexibility index (Phi) is 6.70. The SMILES string of the molecule is C=CC(=C)/C=C\C(=C/C(=C)C=N)C1CCC2C1(C)CC=C1C=C3CCCCC3CC[C@@]12N=O. The molecule has 0 aromatic carbocycles. The Hall–Kier alpha value is -2.55. The summed E-state index contributed by atoms with van der Waals surface area (Å²) >= 11 is 0. The summed E-state index contributed by atoms with van der Waals surface area (Å²) in [6.45, 7) is 14.2. The van der Waals surface area contributed by atoms with Crippen molar-refractivity contribution in [2.24, 2.45) is 28.3 Å². The van der Waals surface area contributed by atoms with Crippen molar-refractivity contribution in [2.45, 2.75) is 70.3 Å². The molecule has 3 heteroatoms. The number of nitroso groups, excluding NO2 is 1. The third kappa shape index (κ3) is 4.11. The van der Waals surface area contributed by atoms with E-state index in [4.69, 9.17) is 5.41 Å². The molecule has 0 aromatic heterocycles. The van der Waals surface area contributed by atoms with Crippen molar-refractivity contribution >= 4 is 6.21 Å². The zero-order chi connectivity index (χ0) is 23.6. The first-order valence-electron chi connectivity index (χ1n) is 12.5. The van der Waals surface area contributed by atoms with Gasteiger partial charge in [-0.2, -0.15) is 0 Å². The van der Waals surface area contributed by atoms with E-state index in [0.717, 1.165) is 43.3 Å². The van der Waals surface area contributed by atoms with E-state index in [0.29, 0.717) is 11.5 Å². The van der Waals surface area contributed by atoms with Crippen LogP contribution in [0.1, 0.15) is 64.7 Å². The molecule has 33 heavy (non-hydrogen) atoms. The number of rotatable bonds is 7. The first-order valence-corrected chi connectivity index (χ1v) is 12.5. The van der Waals surface area contributed by atoms with Gasteiger partial charge in [-0.1, -0.05) is 80.3 Å². The highest BCUT2D eigenvalue weighted by Gasteiger charge is 2.60. The molecule has 0 aliphatic heterocycles. The van der Waals surface area contributed by atoms with Crippen LogP contribution in [0.4, 0.5) is 0 Å². The summed E-state index contributed by atoms with van der Waals surface area (Å²) in [7, 11) is 0. The molecule has 0 bridgehead atoms.